The van der Waals surface area contributed by atoms with Crippen LogP contribution in [0, 0.1) is 5.92 Å². The Kier molecular flexibility index (Phi) is 7.29. The Morgan fingerprint density at radius 1 is 1.10 bits per heavy atom. The summed E-state index contributed by atoms with van der Waals surface area (Å²) in [6.45, 7) is 3.41. The number of hydrogen-bond acceptors (Lipinski definition) is 5. The Morgan fingerprint density at radius 2 is 1.76 bits per heavy atom. The topological polar surface area (TPSA) is 59.9 Å². The van der Waals surface area contributed by atoms with Gasteiger partial charge in [-0.15, -0.1) is 12.4 Å². The molecule has 0 aromatic heterocycles. The van der Waals surface area contributed by atoms with Crippen molar-refractivity contribution in [1.82, 2.24) is 5.32 Å². The number of benzene rings is 2. The van der Waals surface area contributed by atoms with E-state index in [9.17, 15) is 4.79 Å². The van der Waals surface area contributed by atoms with Crippen molar-refractivity contribution in [3.63, 3.8) is 0 Å². The third-order valence-electron chi connectivity index (χ3n) is 5.58. The molecule has 1 fully saturated rings. The molecule has 2 aliphatic rings. The molecule has 1 N–H and O–H groups in total. The summed E-state index contributed by atoms with van der Waals surface area (Å²) in [5.74, 6) is -0.0305. The minimum Gasteiger partial charge on any atom is -0.466 e. The summed E-state index contributed by atoms with van der Waals surface area (Å²) in [5, 5.41) is 7.64. The molecule has 0 amide bonds. The standard InChI is InChI=1S/C23H26N2O3.ClH/c1-2-27-23(26)16-11-12-17(24-13-16)15-28-25-14-22-20-9-5-3-7-18(20)19-8-4-6-10-21(19)22;/h3-10,14,16-17,22,24H,2,11-13,15H2,1H3;1H/b25-14+;/t16-,17+;/m1./s1. The van der Waals surface area contributed by atoms with Crippen molar-refractivity contribution < 1.29 is 14.4 Å². The van der Waals surface area contributed by atoms with Crippen LogP contribution in [-0.2, 0) is 14.4 Å². The van der Waals surface area contributed by atoms with Crippen molar-refractivity contribution in [2.45, 2.75) is 31.7 Å². The van der Waals surface area contributed by atoms with Crippen LogP contribution in [0.4, 0.5) is 0 Å². The monoisotopic (exact) mass is 414 g/mol. The first kappa shape index (κ1) is 21.3. The lowest BCUT2D eigenvalue weighted by atomic mass is 9.95. The van der Waals surface area contributed by atoms with Gasteiger partial charge in [0.2, 0.25) is 0 Å². The van der Waals surface area contributed by atoms with Gasteiger partial charge in [0.15, 0.2) is 0 Å². The fraction of sp³-hybridized carbons (Fsp3) is 0.391. The molecular formula is C23H27ClN2O3. The molecule has 1 aliphatic carbocycles. The minimum absolute atomic E-state index is 0. The molecule has 29 heavy (non-hydrogen) atoms. The maximum atomic E-state index is 11.8. The Labute approximate surface area is 177 Å². The van der Waals surface area contributed by atoms with Gasteiger partial charge in [0.25, 0.3) is 0 Å². The summed E-state index contributed by atoms with van der Waals surface area (Å²) in [6, 6.07) is 17.1. The molecule has 2 aromatic carbocycles. The molecule has 0 spiro atoms. The van der Waals surface area contributed by atoms with Gasteiger partial charge in [-0.2, -0.15) is 0 Å². The van der Waals surface area contributed by atoms with Crippen LogP contribution in [0.1, 0.15) is 36.8 Å². The minimum atomic E-state index is -0.106. The first-order valence-electron chi connectivity index (χ1n) is 10.0. The van der Waals surface area contributed by atoms with Crippen molar-refractivity contribution in [3.8, 4) is 11.1 Å². The summed E-state index contributed by atoms with van der Waals surface area (Å²) in [4.78, 5) is 17.4. The second-order valence-corrected chi connectivity index (χ2v) is 7.33. The lowest BCUT2D eigenvalue weighted by molar-refractivity contribution is -0.148. The Morgan fingerprint density at radius 3 is 2.34 bits per heavy atom. The smallest absolute Gasteiger partial charge is 0.310 e. The Balaban J connectivity index is 0.00000240. The van der Waals surface area contributed by atoms with E-state index in [0.717, 1.165) is 12.8 Å². The number of rotatable bonds is 6. The number of carbonyl (C=O) groups excluding carboxylic acids is 1. The van der Waals surface area contributed by atoms with Crippen LogP contribution in [0.5, 0.6) is 0 Å². The van der Waals surface area contributed by atoms with E-state index < -0.39 is 0 Å². The number of halogens is 1. The number of fused-ring (bicyclic) bond motifs is 3. The summed E-state index contributed by atoms with van der Waals surface area (Å²) < 4.78 is 5.10. The lowest BCUT2D eigenvalue weighted by Crippen LogP contribution is -2.44. The average molecular weight is 415 g/mol. The quantitative estimate of drug-likeness (QED) is 0.438. The molecule has 6 heteroatoms. The van der Waals surface area contributed by atoms with E-state index in [2.05, 4.69) is 59.0 Å². The van der Waals surface area contributed by atoms with Gasteiger partial charge >= 0.3 is 5.97 Å². The highest BCUT2D eigenvalue weighted by molar-refractivity contribution is 5.89. The lowest BCUT2D eigenvalue weighted by Gasteiger charge is -2.27. The molecule has 1 aliphatic heterocycles. The van der Waals surface area contributed by atoms with E-state index in [1.165, 1.54) is 22.3 Å². The first-order chi connectivity index (χ1) is 13.8. The summed E-state index contributed by atoms with van der Waals surface area (Å²) in [6.07, 6.45) is 3.61. The predicted octanol–water partition coefficient (Wildman–Crippen LogP) is 4.15. The van der Waals surface area contributed by atoms with E-state index in [1.807, 2.05) is 13.1 Å². The van der Waals surface area contributed by atoms with Crippen molar-refractivity contribution in [3.05, 3.63) is 59.7 Å². The van der Waals surface area contributed by atoms with Gasteiger partial charge in [-0.1, -0.05) is 53.7 Å². The number of nitrogens with one attached hydrogen (secondary N) is 1. The number of piperidine rings is 1. The van der Waals surface area contributed by atoms with Crippen LogP contribution in [0.2, 0.25) is 0 Å². The molecule has 2 atom stereocenters. The highest BCUT2D eigenvalue weighted by Gasteiger charge is 2.28. The van der Waals surface area contributed by atoms with E-state index in [-0.39, 0.29) is 36.3 Å². The average Bonchev–Trinajstić information content (AvgIpc) is 3.06. The number of esters is 1. The molecule has 5 nitrogen and oxygen atoms in total. The van der Waals surface area contributed by atoms with Crippen molar-refractivity contribution in [2.24, 2.45) is 11.1 Å². The van der Waals surface area contributed by atoms with E-state index >= 15 is 0 Å². The molecule has 1 heterocycles. The zero-order valence-electron chi connectivity index (χ0n) is 16.5. The summed E-state index contributed by atoms with van der Waals surface area (Å²) in [5.41, 5.74) is 5.08. The van der Waals surface area contributed by atoms with Crippen LogP contribution in [0.15, 0.2) is 53.7 Å². The van der Waals surface area contributed by atoms with Crippen LogP contribution >= 0.6 is 12.4 Å². The van der Waals surface area contributed by atoms with Crippen LogP contribution < -0.4 is 5.32 Å². The Bertz CT molecular complexity index is 817. The van der Waals surface area contributed by atoms with E-state index in [4.69, 9.17) is 9.57 Å². The number of ether oxygens (including phenoxy) is 1. The fourth-order valence-electron chi connectivity index (χ4n) is 4.11. The zero-order chi connectivity index (χ0) is 19.3. The van der Waals surface area contributed by atoms with Gasteiger partial charge in [-0.05, 0) is 42.0 Å². The third kappa shape index (κ3) is 4.62. The van der Waals surface area contributed by atoms with Gasteiger partial charge in [0.05, 0.1) is 18.7 Å². The van der Waals surface area contributed by atoms with Crippen molar-refractivity contribution >= 4 is 24.6 Å². The molecule has 2 aromatic rings. The van der Waals surface area contributed by atoms with E-state index in [0.29, 0.717) is 19.8 Å². The highest BCUT2D eigenvalue weighted by atomic mass is 35.5. The Hall–Kier alpha value is -2.37. The van der Waals surface area contributed by atoms with Gasteiger partial charge < -0.3 is 14.9 Å². The summed E-state index contributed by atoms with van der Waals surface area (Å²) in [7, 11) is 0. The molecule has 154 valence electrons. The molecule has 0 saturated carbocycles. The SMILES string of the molecule is CCOC(=O)[C@@H]1CC[C@@H](CO/N=C/C2c3ccccc3-c3ccccc32)NC1.Cl. The maximum Gasteiger partial charge on any atom is 0.310 e. The number of carbonyl (C=O) groups is 1. The molecule has 0 radical (unpaired) electrons. The highest BCUT2D eigenvalue weighted by Crippen LogP contribution is 2.43. The van der Waals surface area contributed by atoms with Gasteiger partial charge in [-0.25, -0.2) is 0 Å². The molecule has 4 rings (SSSR count). The number of oxime groups is 1. The van der Waals surface area contributed by atoms with E-state index in [1.54, 1.807) is 0 Å². The second kappa shape index (κ2) is 9.90. The number of nitrogens with zero attached hydrogens (tertiary/aromatic N) is 1. The largest absolute Gasteiger partial charge is 0.466 e. The van der Waals surface area contributed by atoms with Crippen molar-refractivity contribution in [1.29, 1.82) is 0 Å². The van der Waals surface area contributed by atoms with Crippen LogP contribution in [0.3, 0.4) is 0 Å². The first-order valence-corrected chi connectivity index (χ1v) is 10.0. The predicted molar refractivity (Wildman–Crippen MR) is 117 cm³/mol. The van der Waals surface area contributed by atoms with Crippen LogP contribution in [-0.4, -0.2) is 38.0 Å². The second-order valence-electron chi connectivity index (χ2n) is 7.33. The van der Waals surface area contributed by atoms with Gasteiger partial charge in [0, 0.05) is 18.5 Å². The third-order valence-corrected chi connectivity index (χ3v) is 5.58. The normalized spacial score (nSPS) is 20.6. The zero-order valence-corrected chi connectivity index (χ0v) is 17.4. The van der Waals surface area contributed by atoms with Crippen LogP contribution in [0.25, 0.3) is 11.1 Å². The maximum absolute atomic E-state index is 11.8. The molecule has 1 saturated heterocycles. The van der Waals surface area contributed by atoms with Crippen molar-refractivity contribution in [2.75, 3.05) is 19.8 Å². The van der Waals surface area contributed by atoms with Gasteiger partial charge in [-0.3, -0.25) is 4.79 Å². The molecule has 0 unspecified atom stereocenters. The summed E-state index contributed by atoms with van der Waals surface area (Å²) >= 11 is 0. The van der Waals surface area contributed by atoms with Gasteiger partial charge in [0.1, 0.15) is 6.61 Å². The fourth-order valence-corrected chi connectivity index (χ4v) is 4.11. The number of hydrogen-bond donors (Lipinski definition) is 1. The molecular weight excluding hydrogens is 388 g/mol. The molecule has 0 bridgehead atoms.